The van der Waals surface area contributed by atoms with E-state index in [1.54, 1.807) is 12.1 Å². The molecule has 1 aliphatic rings. The van der Waals surface area contributed by atoms with Gasteiger partial charge in [-0.2, -0.15) is 0 Å². The molecule has 1 aliphatic heterocycles. The topological polar surface area (TPSA) is 67.6 Å². The van der Waals surface area contributed by atoms with Crippen LogP contribution in [0.1, 0.15) is 16.8 Å². The van der Waals surface area contributed by atoms with E-state index in [9.17, 15) is 4.79 Å². The van der Waals surface area contributed by atoms with E-state index in [2.05, 4.69) is 17.3 Å². The Labute approximate surface area is 117 Å². The number of benzene rings is 1. The molecule has 0 spiro atoms. The lowest BCUT2D eigenvalue weighted by Crippen LogP contribution is -2.25. The van der Waals surface area contributed by atoms with E-state index in [4.69, 9.17) is 22.1 Å². The van der Waals surface area contributed by atoms with Crippen LogP contribution in [0.3, 0.4) is 0 Å². The molecule has 0 bridgehead atoms. The quantitative estimate of drug-likeness (QED) is 0.654. The molecule has 0 aromatic heterocycles. The van der Waals surface area contributed by atoms with Crippen molar-refractivity contribution in [3.63, 3.8) is 0 Å². The van der Waals surface area contributed by atoms with Crippen molar-refractivity contribution in [1.29, 1.82) is 0 Å². The Morgan fingerprint density at radius 2 is 2.32 bits per heavy atom. The second kappa shape index (κ2) is 5.67. The van der Waals surface area contributed by atoms with Crippen LogP contribution in [0.5, 0.6) is 0 Å². The van der Waals surface area contributed by atoms with Gasteiger partial charge in [-0.05, 0) is 32.1 Å². The molecule has 1 fully saturated rings. The van der Waals surface area contributed by atoms with Crippen molar-refractivity contribution >= 4 is 28.9 Å². The van der Waals surface area contributed by atoms with Gasteiger partial charge in [0.25, 0.3) is 0 Å². The Morgan fingerprint density at radius 3 is 2.89 bits per heavy atom. The molecule has 1 heterocycles. The van der Waals surface area contributed by atoms with Crippen molar-refractivity contribution in [3.05, 3.63) is 22.7 Å². The van der Waals surface area contributed by atoms with E-state index in [-0.39, 0.29) is 6.04 Å². The molecule has 0 radical (unpaired) electrons. The first-order chi connectivity index (χ1) is 9.01. The molecule has 1 aromatic carbocycles. The summed E-state index contributed by atoms with van der Waals surface area (Å²) in [5, 5.41) is 3.76. The molecule has 5 nitrogen and oxygen atoms in total. The fraction of sp³-hybridized carbons (Fsp3) is 0.462. The number of likely N-dealkylation sites (N-methyl/N-ethyl adjacent to an activating group) is 1. The Kier molecular flexibility index (Phi) is 4.17. The smallest absolute Gasteiger partial charge is 0.340 e. The number of esters is 1. The summed E-state index contributed by atoms with van der Waals surface area (Å²) in [6.45, 7) is 1.94. The van der Waals surface area contributed by atoms with Gasteiger partial charge in [-0.1, -0.05) is 11.6 Å². The van der Waals surface area contributed by atoms with Gasteiger partial charge in [-0.15, -0.1) is 0 Å². The van der Waals surface area contributed by atoms with Crippen LogP contribution in [-0.2, 0) is 4.74 Å². The number of likely N-dealkylation sites (tertiary alicyclic amines) is 1. The second-order valence-electron chi connectivity index (χ2n) is 4.81. The summed E-state index contributed by atoms with van der Waals surface area (Å²) >= 11 is 6.19. The van der Waals surface area contributed by atoms with Crippen molar-refractivity contribution in [3.8, 4) is 0 Å². The third kappa shape index (κ3) is 3.11. The van der Waals surface area contributed by atoms with Gasteiger partial charge in [0.2, 0.25) is 0 Å². The Hall–Kier alpha value is -1.46. The van der Waals surface area contributed by atoms with Gasteiger partial charge < -0.3 is 20.7 Å². The van der Waals surface area contributed by atoms with Gasteiger partial charge in [0.05, 0.1) is 23.4 Å². The number of halogens is 1. The first kappa shape index (κ1) is 14.0. The van der Waals surface area contributed by atoms with Crippen LogP contribution in [0.25, 0.3) is 0 Å². The minimum atomic E-state index is -0.442. The van der Waals surface area contributed by atoms with E-state index < -0.39 is 5.97 Å². The van der Waals surface area contributed by atoms with Crippen molar-refractivity contribution < 1.29 is 9.53 Å². The molecular formula is C13H18ClN3O2. The van der Waals surface area contributed by atoms with Crippen molar-refractivity contribution in [2.75, 3.05) is 38.3 Å². The Morgan fingerprint density at radius 1 is 1.58 bits per heavy atom. The Balaban J connectivity index is 2.29. The van der Waals surface area contributed by atoms with Gasteiger partial charge in [0.1, 0.15) is 0 Å². The minimum absolute atomic E-state index is 0.273. The van der Waals surface area contributed by atoms with Crippen LogP contribution in [0.2, 0.25) is 5.02 Å². The summed E-state index contributed by atoms with van der Waals surface area (Å²) in [6.07, 6.45) is 1.01. The number of nitrogens with zero attached hydrogens (tertiary/aromatic N) is 1. The van der Waals surface area contributed by atoms with E-state index >= 15 is 0 Å². The summed E-state index contributed by atoms with van der Waals surface area (Å²) in [5.74, 6) is -0.442. The zero-order chi connectivity index (χ0) is 14.0. The molecule has 3 N–H and O–H groups in total. The van der Waals surface area contributed by atoms with E-state index in [1.165, 1.54) is 7.11 Å². The highest BCUT2D eigenvalue weighted by Gasteiger charge is 2.23. The summed E-state index contributed by atoms with van der Waals surface area (Å²) < 4.78 is 4.77. The molecule has 0 amide bonds. The average molecular weight is 284 g/mol. The van der Waals surface area contributed by atoms with Crippen LogP contribution in [0.15, 0.2) is 12.1 Å². The lowest BCUT2D eigenvalue weighted by Gasteiger charge is -2.18. The number of carbonyl (C=O) groups excluding carboxylic acids is 1. The van der Waals surface area contributed by atoms with Gasteiger partial charge in [-0.3, -0.25) is 0 Å². The van der Waals surface area contributed by atoms with Crippen LogP contribution >= 0.6 is 11.6 Å². The van der Waals surface area contributed by atoms with Gasteiger partial charge >= 0.3 is 5.97 Å². The second-order valence-corrected chi connectivity index (χ2v) is 5.22. The lowest BCUT2D eigenvalue weighted by atomic mass is 10.1. The molecule has 1 atom stereocenters. The van der Waals surface area contributed by atoms with Gasteiger partial charge in [0, 0.05) is 18.3 Å². The number of hydrogen-bond donors (Lipinski definition) is 2. The molecule has 104 valence electrons. The summed E-state index contributed by atoms with van der Waals surface area (Å²) in [5.41, 5.74) is 7.14. The maximum absolute atomic E-state index is 11.8. The number of nitrogen functional groups attached to an aromatic ring is 1. The van der Waals surface area contributed by atoms with Crippen molar-refractivity contribution in [2.24, 2.45) is 0 Å². The van der Waals surface area contributed by atoms with E-state index in [0.29, 0.717) is 22.0 Å². The van der Waals surface area contributed by atoms with E-state index in [1.807, 2.05) is 0 Å². The molecule has 1 saturated heterocycles. The standard InChI is InChI=1S/C13H18ClN3O2/c1-17-4-3-9(7-17)16-12-10(13(18)19-2)5-8(15)6-11(12)14/h5-6,9,16H,3-4,7,15H2,1-2H3. The van der Waals surface area contributed by atoms with E-state index in [0.717, 1.165) is 19.5 Å². The predicted octanol–water partition coefficient (Wildman–Crippen LogP) is 1.82. The maximum atomic E-state index is 11.8. The largest absolute Gasteiger partial charge is 0.465 e. The summed E-state index contributed by atoms with van der Waals surface area (Å²) in [4.78, 5) is 14.0. The van der Waals surface area contributed by atoms with Crippen molar-refractivity contribution in [1.82, 2.24) is 4.90 Å². The molecular weight excluding hydrogens is 266 g/mol. The summed E-state index contributed by atoms with van der Waals surface area (Å²) in [7, 11) is 3.40. The highest BCUT2D eigenvalue weighted by Crippen LogP contribution is 2.31. The Bertz CT molecular complexity index is 493. The lowest BCUT2D eigenvalue weighted by molar-refractivity contribution is 0.0602. The molecule has 2 rings (SSSR count). The zero-order valence-electron chi connectivity index (χ0n) is 11.1. The fourth-order valence-electron chi connectivity index (χ4n) is 2.30. The third-order valence-electron chi connectivity index (χ3n) is 3.26. The molecule has 19 heavy (non-hydrogen) atoms. The number of methoxy groups -OCH3 is 1. The molecule has 0 saturated carbocycles. The predicted molar refractivity (Wildman–Crippen MR) is 76.7 cm³/mol. The number of hydrogen-bond acceptors (Lipinski definition) is 5. The first-order valence-electron chi connectivity index (χ1n) is 6.13. The fourth-order valence-corrected chi connectivity index (χ4v) is 2.58. The molecule has 0 aliphatic carbocycles. The van der Waals surface area contributed by atoms with Crippen molar-refractivity contribution in [2.45, 2.75) is 12.5 Å². The van der Waals surface area contributed by atoms with Gasteiger partial charge in [0.15, 0.2) is 0 Å². The highest BCUT2D eigenvalue weighted by molar-refractivity contribution is 6.34. The minimum Gasteiger partial charge on any atom is -0.465 e. The van der Waals surface area contributed by atoms with Crippen LogP contribution in [-0.4, -0.2) is 44.2 Å². The molecule has 1 aromatic rings. The number of rotatable bonds is 3. The SMILES string of the molecule is COC(=O)c1cc(N)cc(Cl)c1NC1CCN(C)C1. The first-order valence-corrected chi connectivity index (χ1v) is 6.51. The highest BCUT2D eigenvalue weighted by atomic mass is 35.5. The third-order valence-corrected chi connectivity index (χ3v) is 3.56. The molecule has 6 heteroatoms. The monoisotopic (exact) mass is 283 g/mol. The number of nitrogens with one attached hydrogen (secondary N) is 1. The number of ether oxygens (including phenoxy) is 1. The van der Waals surface area contributed by atoms with Crippen LogP contribution in [0.4, 0.5) is 11.4 Å². The maximum Gasteiger partial charge on any atom is 0.340 e. The normalized spacial score (nSPS) is 19.4. The van der Waals surface area contributed by atoms with Gasteiger partial charge in [-0.25, -0.2) is 4.79 Å². The number of anilines is 2. The zero-order valence-corrected chi connectivity index (χ0v) is 11.8. The average Bonchev–Trinajstić information content (AvgIpc) is 2.77. The van der Waals surface area contributed by atoms with Crippen LogP contribution < -0.4 is 11.1 Å². The summed E-state index contributed by atoms with van der Waals surface area (Å²) in [6, 6.07) is 3.49. The number of nitrogens with two attached hydrogens (primary N) is 1. The number of carbonyl (C=O) groups is 1. The molecule has 1 unspecified atom stereocenters. The van der Waals surface area contributed by atoms with Crippen LogP contribution in [0, 0.1) is 0 Å².